The van der Waals surface area contributed by atoms with Crippen LogP contribution in [0.3, 0.4) is 0 Å². The minimum atomic E-state index is -4.77. The maximum Gasteiger partial charge on any atom is 1.00 e. The van der Waals surface area contributed by atoms with Crippen LogP contribution in [0.1, 0.15) is 46.0 Å². The first-order valence-corrected chi connectivity index (χ1v) is 11.2. The molecule has 3 rings (SSSR count). The molecule has 12 heteroatoms. The first kappa shape index (κ1) is 33.8. The molecule has 0 radical (unpaired) electrons. The van der Waals surface area contributed by atoms with Crippen molar-refractivity contribution in [2.75, 3.05) is 13.2 Å². The monoisotopic (exact) mass is 490 g/mol. The van der Waals surface area contributed by atoms with Crippen LogP contribution >= 0.6 is 0 Å². The Bertz CT molecular complexity index is 813. The number of aliphatic hydroxyl groups is 2. The van der Waals surface area contributed by atoms with Crippen molar-refractivity contribution in [3.63, 3.8) is 0 Å². The third kappa shape index (κ3) is 5.65. The Balaban J connectivity index is 0. The molecule has 8 N–H and O–H groups in total. The van der Waals surface area contributed by atoms with E-state index in [1.165, 1.54) is 6.08 Å². The molecule has 0 saturated heterocycles. The molecule has 6 atom stereocenters. The third-order valence-electron chi connectivity index (χ3n) is 7.59. The number of aliphatic hydroxyl groups excluding tert-OH is 2. The Morgan fingerprint density at radius 3 is 2.34 bits per heavy atom. The van der Waals surface area contributed by atoms with Crippen molar-refractivity contribution in [2.24, 2.45) is 22.7 Å². The largest absolute Gasteiger partial charge is 1.00 e. The summed E-state index contributed by atoms with van der Waals surface area (Å²) < 4.78 is 40.9. The molecular formula is C20H35NaO10S. The Morgan fingerprint density at radius 1 is 1.28 bits per heavy atom. The molecule has 0 aromatic heterocycles. The minimum Gasteiger partial charge on any atom is -0.747 e. The zero-order valence-corrected chi connectivity index (χ0v) is 21.7. The number of hydrogen-bond donors (Lipinski definition) is 2. The Kier molecular flexibility index (Phi) is 12.6. The van der Waals surface area contributed by atoms with E-state index in [0.29, 0.717) is 19.3 Å². The number of esters is 1. The molecule has 1 heterocycles. The van der Waals surface area contributed by atoms with E-state index in [0.717, 1.165) is 12.0 Å². The maximum absolute atomic E-state index is 12.0. The summed E-state index contributed by atoms with van der Waals surface area (Å²) in [6.07, 6.45) is 3.17. The molecule has 182 valence electrons. The fourth-order valence-corrected chi connectivity index (χ4v) is 6.82. The summed E-state index contributed by atoms with van der Waals surface area (Å²) in [5, 5.41) is 19.1. The van der Waals surface area contributed by atoms with Crippen molar-refractivity contribution in [1.82, 2.24) is 0 Å². The predicted octanol–water partition coefficient (Wildman–Crippen LogP) is -3.95. The van der Waals surface area contributed by atoms with Crippen molar-refractivity contribution in [3.05, 3.63) is 23.8 Å². The summed E-state index contributed by atoms with van der Waals surface area (Å²) in [6.45, 7) is 7.84. The average molecular weight is 491 g/mol. The van der Waals surface area contributed by atoms with E-state index >= 15 is 0 Å². The van der Waals surface area contributed by atoms with Crippen molar-refractivity contribution in [3.8, 4) is 0 Å². The Morgan fingerprint density at radius 2 is 1.88 bits per heavy atom. The van der Waals surface area contributed by atoms with Gasteiger partial charge in [0.15, 0.2) is 0 Å². The molecule has 0 amide bonds. The van der Waals surface area contributed by atoms with Crippen molar-refractivity contribution in [1.29, 1.82) is 0 Å². The van der Waals surface area contributed by atoms with Gasteiger partial charge in [0.1, 0.15) is 16.7 Å². The molecule has 2 saturated carbocycles. The smallest absolute Gasteiger partial charge is 0.747 e. The molecule has 10 nitrogen and oxygen atoms in total. The molecule has 0 spiro atoms. The Hall–Kier alpha value is -0.340. The van der Waals surface area contributed by atoms with Gasteiger partial charge < -0.3 is 35.9 Å². The van der Waals surface area contributed by atoms with Gasteiger partial charge in [0.25, 0.3) is 0 Å². The van der Waals surface area contributed by atoms with Gasteiger partial charge in [-0.1, -0.05) is 26.0 Å². The van der Waals surface area contributed by atoms with Crippen molar-refractivity contribution in [2.45, 2.75) is 57.3 Å². The second-order valence-corrected chi connectivity index (χ2v) is 10.6. The summed E-state index contributed by atoms with van der Waals surface area (Å²) in [6, 6.07) is 0. The quantitative estimate of drug-likeness (QED) is 0.168. The molecule has 0 bridgehead atoms. The van der Waals surface area contributed by atoms with Crippen LogP contribution < -0.4 is 29.6 Å². The summed E-state index contributed by atoms with van der Waals surface area (Å²) in [5.74, 6) is -1.12. The van der Waals surface area contributed by atoms with Crippen LogP contribution in [-0.4, -0.2) is 70.1 Å². The summed E-state index contributed by atoms with van der Waals surface area (Å²) in [4.78, 5) is 12.0. The summed E-state index contributed by atoms with van der Waals surface area (Å²) in [5.41, 5.74) is -0.369. The molecule has 32 heavy (non-hydrogen) atoms. The molecule has 2 fully saturated rings. The second kappa shape index (κ2) is 11.9. The first-order valence-electron chi connectivity index (χ1n) is 9.73. The van der Waals surface area contributed by atoms with E-state index in [1.807, 2.05) is 13.8 Å². The molecule has 1 aliphatic heterocycles. The number of carbonyl (C=O) groups is 1. The SMILES string of the molecule is C=C1CCC2C(C)(CO)C(O)CCC2(C)C1CC(C1=CCOC1=O)S(=O)(=O)[O-].O.O.O.[Na+]. The maximum atomic E-state index is 12.0. The van der Waals surface area contributed by atoms with E-state index < -0.39 is 38.3 Å². The van der Waals surface area contributed by atoms with Crippen LogP contribution in [0.2, 0.25) is 0 Å². The molecule has 3 aliphatic rings. The van der Waals surface area contributed by atoms with Gasteiger partial charge in [0, 0.05) is 5.41 Å². The van der Waals surface area contributed by atoms with E-state index in [-0.39, 0.29) is 83.0 Å². The van der Waals surface area contributed by atoms with Crippen molar-refractivity contribution >= 4 is 16.1 Å². The van der Waals surface area contributed by atoms with Crippen molar-refractivity contribution < 1.29 is 78.7 Å². The topological polar surface area (TPSA) is 218 Å². The van der Waals surface area contributed by atoms with Gasteiger partial charge in [-0.2, -0.15) is 0 Å². The van der Waals surface area contributed by atoms with Crippen LogP contribution in [-0.2, 0) is 19.6 Å². The van der Waals surface area contributed by atoms with Crippen LogP contribution in [0.4, 0.5) is 0 Å². The zero-order valence-electron chi connectivity index (χ0n) is 18.9. The zero-order chi connectivity index (χ0) is 20.9. The van der Waals surface area contributed by atoms with Crippen LogP contribution in [0.15, 0.2) is 23.8 Å². The fraction of sp³-hybridized carbons (Fsp3) is 0.750. The van der Waals surface area contributed by atoms with Gasteiger partial charge >= 0.3 is 35.5 Å². The van der Waals surface area contributed by atoms with Gasteiger partial charge in [-0.3, -0.25) is 0 Å². The van der Waals surface area contributed by atoms with E-state index in [9.17, 15) is 28.0 Å². The van der Waals surface area contributed by atoms with E-state index in [1.54, 1.807) is 0 Å². The summed E-state index contributed by atoms with van der Waals surface area (Å²) in [7, 11) is -4.77. The molecule has 0 aromatic carbocycles. The molecule has 6 unspecified atom stereocenters. The Labute approximate surface area is 211 Å². The molecule has 0 aromatic rings. The van der Waals surface area contributed by atoms with Gasteiger partial charge in [0.2, 0.25) is 0 Å². The third-order valence-corrected chi connectivity index (χ3v) is 8.74. The van der Waals surface area contributed by atoms with E-state index in [4.69, 9.17) is 4.74 Å². The number of cyclic esters (lactones) is 1. The van der Waals surface area contributed by atoms with Gasteiger partial charge in [-0.05, 0) is 55.4 Å². The number of rotatable bonds is 5. The molecular weight excluding hydrogens is 455 g/mol. The number of carbonyl (C=O) groups excluding carboxylic acids is 1. The number of ether oxygens (including phenoxy) is 1. The fourth-order valence-electron chi connectivity index (χ4n) is 5.89. The number of allylic oxidation sites excluding steroid dienone is 1. The standard InChI is InChI=1S/C20H30O7S.Na.3H2O/c1-12-4-5-16-19(2,8-6-17(22)20(16,3)11-21)14(12)10-15(28(24,25)26)13-7-9-27-18(13)23;;;;/h7,14-17,21-22H,1,4-6,8-11H2,2-3H3,(H,24,25,26);;3*1H2/q;+1;;;/p-1. The number of hydrogen-bond acceptors (Lipinski definition) is 7. The van der Waals surface area contributed by atoms with Gasteiger partial charge in [-0.15, -0.1) is 0 Å². The first-order chi connectivity index (χ1) is 12.9. The van der Waals surface area contributed by atoms with Gasteiger partial charge in [-0.25, -0.2) is 13.2 Å². The normalized spacial score (nSPS) is 34.9. The van der Waals surface area contributed by atoms with Gasteiger partial charge in [0.05, 0.1) is 23.5 Å². The number of fused-ring (bicyclic) bond motifs is 1. The molecule has 2 aliphatic carbocycles. The summed E-state index contributed by atoms with van der Waals surface area (Å²) >= 11 is 0. The average Bonchev–Trinajstić information content (AvgIpc) is 3.02. The predicted molar refractivity (Wildman–Crippen MR) is 112 cm³/mol. The van der Waals surface area contributed by atoms with Crippen LogP contribution in [0, 0.1) is 22.7 Å². The second-order valence-electron chi connectivity index (χ2n) is 9.00. The van der Waals surface area contributed by atoms with E-state index in [2.05, 4.69) is 6.58 Å². The van der Waals surface area contributed by atoms with Crippen LogP contribution in [0.5, 0.6) is 0 Å². The van der Waals surface area contributed by atoms with Crippen LogP contribution in [0.25, 0.3) is 0 Å². The minimum absolute atomic E-state index is 0.